The Labute approximate surface area is 129 Å². The minimum absolute atomic E-state index is 0.225. The van der Waals surface area contributed by atoms with Crippen molar-refractivity contribution >= 4 is 11.7 Å². The lowest BCUT2D eigenvalue weighted by Gasteiger charge is -2.26. The number of benzene rings is 2. The summed E-state index contributed by atoms with van der Waals surface area (Å²) in [6.07, 6.45) is 0.675. The molecule has 0 fully saturated rings. The minimum atomic E-state index is -0.560. The molecule has 0 aliphatic carbocycles. The number of nitrogens with zero attached hydrogens (tertiary/aromatic N) is 2. The molecular weight excluding hydrogens is 276 g/mol. The third-order valence-electron chi connectivity index (χ3n) is 3.77. The molecule has 1 unspecified atom stereocenters. The van der Waals surface area contributed by atoms with Crippen LogP contribution in [0.25, 0.3) is 11.1 Å². The van der Waals surface area contributed by atoms with Crippen molar-refractivity contribution in [3.05, 3.63) is 54.1 Å². The fourth-order valence-corrected chi connectivity index (χ4v) is 2.68. The van der Waals surface area contributed by atoms with E-state index in [4.69, 9.17) is 4.74 Å². The second-order valence-corrected chi connectivity index (χ2v) is 5.83. The first kappa shape index (κ1) is 14.4. The summed E-state index contributed by atoms with van der Waals surface area (Å²) in [5.41, 5.74) is 3.70. The molecule has 2 aromatic carbocycles. The van der Waals surface area contributed by atoms with Crippen LogP contribution in [0.4, 0.5) is 5.69 Å². The monoisotopic (exact) mass is 294 g/mol. The van der Waals surface area contributed by atoms with Crippen molar-refractivity contribution in [2.24, 2.45) is 10.2 Å². The molecule has 0 spiro atoms. The highest BCUT2D eigenvalue weighted by atomic mass is 16.5. The van der Waals surface area contributed by atoms with E-state index in [0.29, 0.717) is 6.42 Å². The highest BCUT2D eigenvalue weighted by Crippen LogP contribution is 2.37. The Balaban J connectivity index is 2.09. The van der Waals surface area contributed by atoms with Gasteiger partial charge in [-0.15, -0.1) is 0 Å². The molecule has 3 rings (SSSR count). The third kappa shape index (κ3) is 2.91. The minimum Gasteiger partial charge on any atom is -0.463 e. The molecule has 0 saturated heterocycles. The molecule has 1 heterocycles. The maximum Gasteiger partial charge on any atom is 0.302 e. The predicted octanol–water partition coefficient (Wildman–Crippen LogP) is 4.32. The molecule has 4 nitrogen and oxygen atoms in total. The van der Waals surface area contributed by atoms with E-state index in [1.54, 1.807) is 0 Å². The number of carbonyl (C=O) groups excluding carboxylic acids is 1. The molecule has 112 valence electrons. The van der Waals surface area contributed by atoms with Crippen LogP contribution < -0.4 is 0 Å². The highest BCUT2D eigenvalue weighted by Gasteiger charge is 2.29. The lowest BCUT2D eigenvalue weighted by atomic mass is 9.88. The van der Waals surface area contributed by atoms with Gasteiger partial charge in [0.05, 0.1) is 5.69 Å². The van der Waals surface area contributed by atoms with Crippen molar-refractivity contribution in [1.29, 1.82) is 0 Å². The standard InChI is InChI=1S/C18H18N2O2/c1-13(21)22-12-18(2)11-14-7-3-4-8-15(14)16-9-5-6-10-17(16)19-20-18/h3-10H,11-12H2,1-2H3. The molecule has 0 saturated carbocycles. The van der Waals surface area contributed by atoms with Gasteiger partial charge in [0.1, 0.15) is 12.1 Å². The number of fused-ring (bicyclic) bond motifs is 3. The van der Waals surface area contributed by atoms with E-state index in [-0.39, 0.29) is 12.6 Å². The van der Waals surface area contributed by atoms with Crippen LogP contribution in [-0.2, 0) is 16.0 Å². The summed E-state index contributed by atoms with van der Waals surface area (Å²) in [4.78, 5) is 11.1. The van der Waals surface area contributed by atoms with Gasteiger partial charge in [-0.3, -0.25) is 4.79 Å². The zero-order valence-corrected chi connectivity index (χ0v) is 12.7. The van der Waals surface area contributed by atoms with E-state index >= 15 is 0 Å². The summed E-state index contributed by atoms with van der Waals surface area (Å²) >= 11 is 0. The molecule has 22 heavy (non-hydrogen) atoms. The molecule has 0 radical (unpaired) electrons. The van der Waals surface area contributed by atoms with Gasteiger partial charge in [0.2, 0.25) is 0 Å². The van der Waals surface area contributed by atoms with Gasteiger partial charge in [0.25, 0.3) is 0 Å². The molecule has 0 aromatic heterocycles. The van der Waals surface area contributed by atoms with Crippen molar-refractivity contribution in [3.8, 4) is 11.1 Å². The number of azo groups is 1. The summed E-state index contributed by atoms with van der Waals surface area (Å²) in [5, 5.41) is 8.89. The second-order valence-electron chi connectivity index (χ2n) is 5.83. The zero-order chi connectivity index (χ0) is 15.6. The molecule has 4 heteroatoms. The van der Waals surface area contributed by atoms with Gasteiger partial charge in [-0.25, -0.2) is 0 Å². The normalized spacial score (nSPS) is 19.5. The van der Waals surface area contributed by atoms with Crippen LogP contribution in [0.5, 0.6) is 0 Å². The van der Waals surface area contributed by atoms with E-state index in [1.807, 2.05) is 37.3 Å². The zero-order valence-electron chi connectivity index (χ0n) is 12.7. The average molecular weight is 294 g/mol. The van der Waals surface area contributed by atoms with Gasteiger partial charge >= 0.3 is 5.97 Å². The topological polar surface area (TPSA) is 51.0 Å². The van der Waals surface area contributed by atoms with E-state index in [0.717, 1.165) is 16.8 Å². The Kier molecular flexibility index (Phi) is 3.75. The second kappa shape index (κ2) is 5.72. The van der Waals surface area contributed by atoms with Gasteiger partial charge in [0, 0.05) is 18.9 Å². The predicted molar refractivity (Wildman–Crippen MR) is 85.1 cm³/mol. The first-order chi connectivity index (χ1) is 10.6. The van der Waals surface area contributed by atoms with E-state index in [9.17, 15) is 4.79 Å². The van der Waals surface area contributed by atoms with Crippen molar-refractivity contribution in [3.63, 3.8) is 0 Å². The van der Waals surface area contributed by atoms with Crippen LogP contribution >= 0.6 is 0 Å². The third-order valence-corrected chi connectivity index (χ3v) is 3.77. The van der Waals surface area contributed by atoms with Gasteiger partial charge in [0.15, 0.2) is 0 Å². The maximum absolute atomic E-state index is 11.1. The Morgan fingerprint density at radius 1 is 1.14 bits per heavy atom. The Hall–Kier alpha value is -2.49. The van der Waals surface area contributed by atoms with Crippen LogP contribution in [0.1, 0.15) is 19.4 Å². The van der Waals surface area contributed by atoms with Crippen LogP contribution in [-0.4, -0.2) is 18.1 Å². The van der Waals surface area contributed by atoms with E-state index < -0.39 is 5.54 Å². The van der Waals surface area contributed by atoms with Crippen LogP contribution in [0.15, 0.2) is 58.8 Å². The first-order valence-electron chi connectivity index (χ1n) is 7.31. The first-order valence-corrected chi connectivity index (χ1v) is 7.31. The maximum atomic E-state index is 11.1. The van der Waals surface area contributed by atoms with Crippen LogP contribution in [0, 0.1) is 0 Å². The smallest absolute Gasteiger partial charge is 0.302 e. The van der Waals surface area contributed by atoms with Gasteiger partial charge in [-0.2, -0.15) is 10.2 Å². The van der Waals surface area contributed by atoms with Gasteiger partial charge < -0.3 is 4.74 Å². The van der Waals surface area contributed by atoms with E-state index in [2.05, 4.69) is 28.4 Å². The summed E-state index contributed by atoms with van der Waals surface area (Å²) < 4.78 is 5.19. The van der Waals surface area contributed by atoms with Crippen molar-refractivity contribution in [2.75, 3.05) is 6.61 Å². The highest BCUT2D eigenvalue weighted by molar-refractivity contribution is 5.78. The summed E-state index contributed by atoms with van der Waals surface area (Å²) in [7, 11) is 0. The fraction of sp³-hybridized carbons (Fsp3) is 0.278. The molecule has 1 atom stereocenters. The number of hydrogen-bond acceptors (Lipinski definition) is 4. The Bertz CT molecular complexity index is 739. The Morgan fingerprint density at radius 2 is 1.82 bits per heavy atom. The largest absolute Gasteiger partial charge is 0.463 e. The Morgan fingerprint density at radius 3 is 2.59 bits per heavy atom. The molecular formula is C18H18N2O2. The lowest BCUT2D eigenvalue weighted by molar-refractivity contribution is -0.142. The summed E-state index contributed by atoms with van der Waals surface area (Å²) in [5.74, 6) is -0.299. The number of hydrogen-bond donors (Lipinski definition) is 0. The molecule has 0 bridgehead atoms. The summed E-state index contributed by atoms with van der Waals surface area (Å²) in [6, 6.07) is 16.2. The van der Waals surface area contributed by atoms with Crippen molar-refractivity contribution in [2.45, 2.75) is 25.8 Å². The molecule has 1 aliphatic heterocycles. The quantitative estimate of drug-likeness (QED) is 0.775. The van der Waals surface area contributed by atoms with Gasteiger partial charge in [-0.05, 0) is 24.1 Å². The van der Waals surface area contributed by atoms with Gasteiger partial charge in [-0.1, -0.05) is 42.5 Å². The molecule has 1 aliphatic rings. The van der Waals surface area contributed by atoms with Crippen LogP contribution in [0.2, 0.25) is 0 Å². The molecule has 2 aromatic rings. The van der Waals surface area contributed by atoms with Crippen molar-refractivity contribution < 1.29 is 9.53 Å². The van der Waals surface area contributed by atoms with Crippen molar-refractivity contribution in [1.82, 2.24) is 0 Å². The summed E-state index contributed by atoms with van der Waals surface area (Å²) in [6.45, 7) is 3.60. The fourth-order valence-electron chi connectivity index (χ4n) is 2.68. The SMILES string of the molecule is CC(=O)OCC1(C)Cc2ccccc2-c2ccccc2N=N1. The molecule has 0 amide bonds. The average Bonchev–Trinajstić information content (AvgIpc) is 2.51. The number of ether oxygens (including phenoxy) is 1. The number of esters is 1. The molecule has 0 N–H and O–H groups in total. The lowest BCUT2D eigenvalue weighted by Crippen LogP contribution is -2.32. The number of carbonyl (C=O) groups is 1. The number of rotatable bonds is 2. The van der Waals surface area contributed by atoms with E-state index in [1.165, 1.54) is 12.5 Å². The van der Waals surface area contributed by atoms with Crippen LogP contribution in [0.3, 0.4) is 0 Å².